The third kappa shape index (κ3) is 2.96. The van der Waals surface area contributed by atoms with Gasteiger partial charge in [0.25, 0.3) is 0 Å². The van der Waals surface area contributed by atoms with Gasteiger partial charge in [0.05, 0.1) is 6.61 Å². The van der Waals surface area contributed by atoms with E-state index in [-0.39, 0.29) is 0 Å². The molecular formula is C8H17O2P. The van der Waals surface area contributed by atoms with E-state index in [0.29, 0.717) is 12.3 Å². The summed E-state index contributed by atoms with van der Waals surface area (Å²) < 4.78 is 16.5. The normalized spacial score (nSPS) is 23.4. The Morgan fingerprint density at radius 2 is 2.00 bits per heavy atom. The molecule has 0 aliphatic heterocycles. The molecule has 0 heterocycles. The second-order valence-electron chi connectivity index (χ2n) is 3.09. The second kappa shape index (κ2) is 4.95. The molecule has 0 saturated heterocycles. The lowest BCUT2D eigenvalue weighted by atomic mass is 10.0. The lowest BCUT2D eigenvalue weighted by Crippen LogP contribution is -2.08. The van der Waals surface area contributed by atoms with Crippen LogP contribution in [0.1, 0.15) is 39.0 Å². The standard InChI is InChI=1S/C8H17O2P/c1-2-10-11(9)8-6-4-3-5-7-8/h8,11H,2-7H2,1H3. The predicted molar refractivity (Wildman–Crippen MR) is 47.5 cm³/mol. The topological polar surface area (TPSA) is 26.3 Å². The van der Waals surface area contributed by atoms with Crippen molar-refractivity contribution >= 4 is 8.03 Å². The molecule has 1 aliphatic rings. The van der Waals surface area contributed by atoms with Crippen molar-refractivity contribution in [3.63, 3.8) is 0 Å². The maximum absolute atomic E-state index is 11.4. The summed E-state index contributed by atoms with van der Waals surface area (Å²) in [5, 5.41) is 0. The Labute approximate surface area is 69.2 Å². The smallest absolute Gasteiger partial charge is 0.194 e. The number of hydrogen-bond donors (Lipinski definition) is 0. The summed E-state index contributed by atoms with van der Waals surface area (Å²) in [5.74, 6) is 0. The van der Waals surface area contributed by atoms with Gasteiger partial charge < -0.3 is 4.52 Å². The van der Waals surface area contributed by atoms with Crippen LogP contribution in [0.2, 0.25) is 0 Å². The van der Waals surface area contributed by atoms with Gasteiger partial charge in [0.1, 0.15) is 0 Å². The SMILES string of the molecule is CCO[PH](=O)C1CCCCC1. The van der Waals surface area contributed by atoms with Crippen molar-refractivity contribution in [3.8, 4) is 0 Å². The number of rotatable bonds is 3. The highest BCUT2D eigenvalue weighted by Gasteiger charge is 2.19. The molecule has 0 aromatic carbocycles. The lowest BCUT2D eigenvalue weighted by molar-refractivity contribution is 0.333. The molecule has 11 heavy (non-hydrogen) atoms. The van der Waals surface area contributed by atoms with Gasteiger partial charge in [0.15, 0.2) is 8.03 Å². The molecule has 0 N–H and O–H groups in total. The van der Waals surface area contributed by atoms with Gasteiger partial charge in [-0.05, 0) is 19.8 Å². The second-order valence-corrected chi connectivity index (χ2v) is 4.83. The maximum atomic E-state index is 11.4. The van der Waals surface area contributed by atoms with E-state index in [0.717, 1.165) is 12.8 Å². The zero-order valence-corrected chi connectivity index (χ0v) is 8.14. The molecule has 1 saturated carbocycles. The Morgan fingerprint density at radius 1 is 1.36 bits per heavy atom. The molecule has 0 radical (unpaired) electrons. The Bertz CT molecular complexity index is 130. The summed E-state index contributed by atoms with van der Waals surface area (Å²) >= 11 is 0. The largest absolute Gasteiger partial charge is 0.331 e. The van der Waals surface area contributed by atoms with Crippen LogP contribution in [0.4, 0.5) is 0 Å². The molecule has 3 heteroatoms. The van der Waals surface area contributed by atoms with Crippen LogP contribution in [0.15, 0.2) is 0 Å². The van der Waals surface area contributed by atoms with Gasteiger partial charge in [-0.2, -0.15) is 0 Å². The number of hydrogen-bond acceptors (Lipinski definition) is 2. The van der Waals surface area contributed by atoms with E-state index >= 15 is 0 Å². The fraction of sp³-hybridized carbons (Fsp3) is 1.00. The minimum absolute atomic E-state index is 0.397. The molecule has 1 atom stereocenters. The first-order valence-electron chi connectivity index (χ1n) is 4.51. The highest BCUT2D eigenvalue weighted by molar-refractivity contribution is 7.40. The molecule has 1 rings (SSSR count). The van der Waals surface area contributed by atoms with Crippen LogP contribution in [0, 0.1) is 0 Å². The van der Waals surface area contributed by atoms with Crippen LogP contribution in [-0.2, 0) is 9.09 Å². The van der Waals surface area contributed by atoms with Crippen LogP contribution < -0.4 is 0 Å². The fourth-order valence-electron chi connectivity index (χ4n) is 1.60. The van der Waals surface area contributed by atoms with Crippen molar-refractivity contribution in [3.05, 3.63) is 0 Å². The third-order valence-electron chi connectivity index (χ3n) is 2.23. The molecule has 0 aromatic rings. The van der Waals surface area contributed by atoms with Crippen molar-refractivity contribution in [2.45, 2.75) is 44.7 Å². The van der Waals surface area contributed by atoms with E-state index in [2.05, 4.69) is 0 Å². The average Bonchev–Trinajstić information content (AvgIpc) is 2.07. The van der Waals surface area contributed by atoms with Crippen LogP contribution in [0.5, 0.6) is 0 Å². The molecule has 1 fully saturated rings. The van der Waals surface area contributed by atoms with Gasteiger partial charge in [-0.3, -0.25) is 4.57 Å². The van der Waals surface area contributed by atoms with Gasteiger partial charge in [-0.15, -0.1) is 0 Å². The fourth-order valence-corrected chi connectivity index (χ4v) is 3.00. The van der Waals surface area contributed by atoms with Crippen molar-refractivity contribution in [2.24, 2.45) is 0 Å². The van der Waals surface area contributed by atoms with Crippen LogP contribution in [0.25, 0.3) is 0 Å². The van der Waals surface area contributed by atoms with E-state index < -0.39 is 8.03 Å². The first-order valence-corrected chi connectivity index (χ1v) is 5.90. The van der Waals surface area contributed by atoms with Crippen molar-refractivity contribution < 1.29 is 9.09 Å². The van der Waals surface area contributed by atoms with Crippen LogP contribution >= 0.6 is 8.03 Å². The summed E-state index contributed by atoms with van der Waals surface area (Å²) in [5.41, 5.74) is 0.397. The van der Waals surface area contributed by atoms with Crippen molar-refractivity contribution in [1.82, 2.24) is 0 Å². The lowest BCUT2D eigenvalue weighted by Gasteiger charge is -2.20. The van der Waals surface area contributed by atoms with Gasteiger partial charge >= 0.3 is 0 Å². The quantitative estimate of drug-likeness (QED) is 0.618. The average molecular weight is 176 g/mol. The molecule has 0 spiro atoms. The molecule has 1 unspecified atom stereocenters. The molecule has 0 amide bonds. The summed E-state index contributed by atoms with van der Waals surface area (Å²) in [6.07, 6.45) is 6.05. The van der Waals surface area contributed by atoms with E-state index in [1.54, 1.807) is 0 Å². The molecule has 0 bridgehead atoms. The van der Waals surface area contributed by atoms with Gasteiger partial charge in [-0.1, -0.05) is 19.3 Å². The summed E-state index contributed by atoms with van der Waals surface area (Å²) in [6.45, 7) is 2.51. The van der Waals surface area contributed by atoms with Crippen molar-refractivity contribution in [2.75, 3.05) is 6.61 Å². The summed E-state index contributed by atoms with van der Waals surface area (Å²) in [7, 11) is -1.69. The summed E-state index contributed by atoms with van der Waals surface area (Å²) in [4.78, 5) is 0. The highest BCUT2D eigenvalue weighted by Crippen LogP contribution is 2.38. The maximum Gasteiger partial charge on any atom is 0.194 e. The van der Waals surface area contributed by atoms with E-state index in [4.69, 9.17) is 4.52 Å². The Balaban J connectivity index is 2.27. The minimum Gasteiger partial charge on any atom is -0.331 e. The monoisotopic (exact) mass is 176 g/mol. The summed E-state index contributed by atoms with van der Waals surface area (Å²) in [6, 6.07) is 0. The first kappa shape index (κ1) is 9.28. The Morgan fingerprint density at radius 3 is 2.55 bits per heavy atom. The molecule has 1 aliphatic carbocycles. The third-order valence-corrected chi connectivity index (χ3v) is 4.04. The molecule has 2 nitrogen and oxygen atoms in total. The minimum atomic E-state index is -1.69. The van der Waals surface area contributed by atoms with E-state index in [9.17, 15) is 4.57 Å². The first-order chi connectivity index (χ1) is 5.34. The molecule has 66 valence electrons. The van der Waals surface area contributed by atoms with Crippen LogP contribution in [-0.4, -0.2) is 12.3 Å². The predicted octanol–water partition coefficient (Wildman–Crippen LogP) is 2.83. The van der Waals surface area contributed by atoms with E-state index in [1.165, 1.54) is 19.3 Å². The van der Waals surface area contributed by atoms with Crippen LogP contribution in [0.3, 0.4) is 0 Å². The zero-order chi connectivity index (χ0) is 8.10. The van der Waals surface area contributed by atoms with Crippen molar-refractivity contribution in [1.29, 1.82) is 0 Å². The Hall–Kier alpha value is 0.190. The molecule has 0 aromatic heterocycles. The molecular weight excluding hydrogens is 159 g/mol. The van der Waals surface area contributed by atoms with Gasteiger partial charge in [0, 0.05) is 5.66 Å². The highest BCUT2D eigenvalue weighted by atomic mass is 31.1. The van der Waals surface area contributed by atoms with Gasteiger partial charge in [-0.25, -0.2) is 0 Å². The zero-order valence-electron chi connectivity index (χ0n) is 7.14. The Kier molecular flexibility index (Phi) is 4.17. The van der Waals surface area contributed by atoms with Gasteiger partial charge in [0.2, 0.25) is 0 Å². The van der Waals surface area contributed by atoms with E-state index in [1.807, 2.05) is 6.92 Å².